The normalized spacial score (nSPS) is 11.2. The zero-order valence-electron chi connectivity index (χ0n) is 15.1. The van der Waals surface area contributed by atoms with E-state index in [4.69, 9.17) is 4.74 Å². The van der Waals surface area contributed by atoms with Crippen molar-refractivity contribution < 1.29 is 31.9 Å². The van der Waals surface area contributed by atoms with E-state index in [0.717, 1.165) is 29.7 Å². The Morgan fingerprint density at radius 3 is 2.53 bits per heavy atom. The Morgan fingerprint density at radius 2 is 1.83 bits per heavy atom. The molecule has 6 nitrogen and oxygen atoms in total. The van der Waals surface area contributed by atoms with E-state index < -0.39 is 29.4 Å². The van der Waals surface area contributed by atoms with Gasteiger partial charge in [-0.3, -0.25) is 4.79 Å². The second-order valence-corrected chi connectivity index (χ2v) is 6.68. The van der Waals surface area contributed by atoms with Gasteiger partial charge in [-0.2, -0.15) is 13.2 Å². The molecular formula is C19H13F4N3O3S. The molecule has 0 aliphatic rings. The molecule has 3 aromatic rings. The van der Waals surface area contributed by atoms with Crippen LogP contribution >= 0.6 is 11.5 Å². The molecule has 0 atom stereocenters. The van der Waals surface area contributed by atoms with Gasteiger partial charge in [0.05, 0.1) is 12.1 Å². The predicted octanol–water partition coefficient (Wildman–Crippen LogP) is 3.95. The van der Waals surface area contributed by atoms with Gasteiger partial charge in [0.15, 0.2) is 4.88 Å². The van der Waals surface area contributed by atoms with E-state index in [1.807, 2.05) is 0 Å². The fourth-order valence-corrected chi connectivity index (χ4v) is 3.02. The molecule has 11 heteroatoms. The number of halogens is 4. The van der Waals surface area contributed by atoms with Crippen molar-refractivity contribution in [3.63, 3.8) is 0 Å². The lowest BCUT2D eigenvalue weighted by atomic mass is 10.1. The number of amides is 1. The summed E-state index contributed by atoms with van der Waals surface area (Å²) in [6, 6.07) is 9.29. The van der Waals surface area contributed by atoms with Crippen LogP contribution in [0.5, 0.6) is 0 Å². The van der Waals surface area contributed by atoms with Crippen LogP contribution in [0.4, 0.5) is 17.6 Å². The number of nitrogens with one attached hydrogen (secondary N) is 1. The van der Waals surface area contributed by atoms with Crippen molar-refractivity contribution in [2.24, 2.45) is 0 Å². The highest BCUT2D eigenvalue weighted by Crippen LogP contribution is 2.29. The summed E-state index contributed by atoms with van der Waals surface area (Å²) in [4.78, 5) is 24.3. The average molecular weight is 439 g/mol. The summed E-state index contributed by atoms with van der Waals surface area (Å²) in [5.74, 6) is -1.91. The second kappa shape index (κ2) is 8.99. The van der Waals surface area contributed by atoms with Crippen molar-refractivity contribution in [2.75, 3.05) is 13.2 Å². The van der Waals surface area contributed by atoms with Crippen molar-refractivity contribution in [1.82, 2.24) is 14.9 Å². The molecule has 156 valence electrons. The number of alkyl halides is 3. The van der Waals surface area contributed by atoms with Crippen molar-refractivity contribution in [1.29, 1.82) is 0 Å². The third kappa shape index (κ3) is 5.17. The summed E-state index contributed by atoms with van der Waals surface area (Å²) in [7, 11) is 0. The first-order valence-corrected chi connectivity index (χ1v) is 9.24. The maximum atomic E-state index is 13.0. The number of rotatable bonds is 6. The highest BCUT2D eigenvalue weighted by Gasteiger charge is 2.30. The van der Waals surface area contributed by atoms with Crippen LogP contribution in [0.15, 0.2) is 48.5 Å². The molecule has 0 spiro atoms. The van der Waals surface area contributed by atoms with Crippen molar-refractivity contribution >= 4 is 23.4 Å². The molecule has 30 heavy (non-hydrogen) atoms. The number of ether oxygens (including phenoxy) is 1. The lowest BCUT2D eigenvalue weighted by Gasteiger charge is -2.09. The second-order valence-electron chi connectivity index (χ2n) is 5.93. The van der Waals surface area contributed by atoms with Crippen LogP contribution in [-0.2, 0) is 10.9 Å². The van der Waals surface area contributed by atoms with Gasteiger partial charge in [-0.15, -0.1) is 5.10 Å². The van der Waals surface area contributed by atoms with E-state index in [0.29, 0.717) is 5.56 Å². The molecule has 1 amide bonds. The minimum absolute atomic E-state index is 0.103. The smallest absolute Gasteiger partial charge is 0.416 e. The molecule has 0 unspecified atom stereocenters. The Balaban J connectivity index is 1.54. The summed E-state index contributed by atoms with van der Waals surface area (Å²) in [6.07, 6.45) is -4.56. The summed E-state index contributed by atoms with van der Waals surface area (Å²) < 4.78 is 60.0. The monoisotopic (exact) mass is 439 g/mol. The molecule has 1 N–H and O–H groups in total. The summed E-state index contributed by atoms with van der Waals surface area (Å²) in [6.45, 7) is -0.330. The molecule has 0 saturated heterocycles. The van der Waals surface area contributed by atoms with E-state index in [1.54, 1.807) is 0 Å². The van der Waals surface area contributed by atoms with Crippen LogP contribution in [0.3, 0.4) is 0 Å². The lowest BCUT2D eigenvalue weighted by molar-refractivity contribution is -0.137. The minimum atomic E-state index is -4.56. The van der Waals surface area contributed by atoms with Crippen LogP contribution < -0.4 is 5.32 Å². The Morgan fingerprint density at radius 1 is 1.10 bits per heavy atom. The Hall–Kier alpha value is -3.34. The SMILES string of the molecule is O=C(NCCOC(=O)c1snnc1-c1ccc(F)cc1)c1cccc(C(F)(F)F)c1. The van der Waals surface area contributed by atoms with Crippen LogP contribution in [0.25, 0.3) is 11.3 Å². The minimum Gasteiger partial charge on any atom is -0.460 e. The fraction of sp³-hybridized carbons (Fsp3) is 0.158. The molecular weight excluding hydrogens is 426 g/mol. The van der Waals surface area contributed by atoms with E-state index >= 15 is 0 Å². The quantitative estimate of drug-likeness (QED) is 0.357. The van der Waals surface area contributed by atoms with Gasteiger partial charge in [-0.05, 0) is 54.0 Å². The third-order valence-corrected chi connectivity index (χ3v) is 4.57. The molecule has 0 aliphatic carbocycles. The molecule has 0 saturated carbocycles. The van der Waals surface area contributed by atoms with Gasteiger partial charge in [0, 0.05) is 11.1 Å². The maximum absolute atomic E-state index is 13.0. The topological polar surface area (TPSA) is 81.2 Å². The number of carbonyl (C=O) groups is 2. The van der Waals surface area contributed by atoms with E-state index in [2.05, 4.69) is 14.9 Å². The molecule has 3 rings (SSSR count). The Kier molecular flexibility index (Phi) is 6.40. The van der Waals surface area contributed by atoms with Gasteiger partial charge >= 0.3 is 12.1 Å². The van der Waals surface area contributed by atoms with Crippen molar-refractivity contribution in [2.45, 2.75) is 6.18 Å². The van der Waals surface area contributed by atoms with Gasteiger partial charge in [0.2, 0.25) is 0 Å². The van der Waals surface area contributed by atoms with Crippen molar-refractivity contribution in [3.8, 4) is 11.3 Å². The van der Waals surface area contributed by atoms with Crippen molar-refractivity contribution in [3.05, 3.63) is 70.4 Å². The van der Waals surface area contributed by atoms with Crippen LogP contribution in [0, 0.1) is 5.82 Å². The van der Waals surface area contributed by atoms with Gasteiger partial charge < -0.3 is 10.1 Å². The number of hydrogen-bond donors (Lipinski definition) is 1. The van der Waals surface area contributed by atoms with Crippen LogP contribution in [0.2, 0.25) is 0 Å². The number of benzene rings is 2. The van der Waals surface area contributed by atoms with Gasteiger partial charge in [-0.25, -0.2) is 9.18 Å². The first kappa shape index (κ1) is 21.4. The highest BCUT2D eigenvalue weighted by atomic mass is 32.1. The number of carbonyl (C=O) groups excluding carboxylic acids is 2. The molecule has 1 heterocycles. The largest absolute Gasteiger partial charge is 0.460 e. The Labute approximate surface area is 171 Å². The number of hydrogen-bond acceptors (Lipinski definition) is 6. The molecule has 1 aromatic heterocycles. The third-order valence-electron chi connectivity index (χ3n) is 3.86. The number of aromatic nitrogens is 2. The molecule has 0 aliphatic heterocycles. The summed E-state index contributed by atoms with van der Waals surface area (Å²) in [5, 5.41) is 6.22. The molecule has 0 radical (unpaired) electrons. The molecule has 0 fully saturated rings. The lowest BCUT2D eigenvalue weighted by Crippen LogP contribution is -2.28. The summed E-state index contributed by atoms with van der Waals surface area (Å²) in [5.41, 5.74) is -0.387. The van der Waals surface area contributed by atoms with Crippen LogP contribution in [0.1, 0.15) is 25.6 Å². The first-order chi connectivity index (χ1) is 14.3. The van der Waals surface area contributed by atoms with Gasteiger partial charge in [0.25, 0.3) is 5.91 Å². The van der Waals surface area contributed by atoms with Gasteiger partial charge in [0.1, 0.15) is 18.1 Å². The predicted molar refractivity (Wildman–Crippen MR) is 99.4 cm³/mol. The number of esters is 1. The molecule has 0 bridgehead atoms. The first-order valence-electron chi connectivity index (χ1n) is 8.46. The zero-order valence-corrected chi connectivity index (χ0v) is 15.9. The Bertz CT molecular complexity index is 1050. The fourth-order valence-electron chi connectivity index (χ4n) is 2.43. The van der Waals surface area contributed by atoms with E-state index in [9.17, 15) is 27.2 Å². The van der Waals surface area contributed by atoms with E-state index in [1.165, 1.54) is 30.3 Å². The van der Waals surface area contributed by atoms with E-state index in [-0.39, 0.29) is 29.3 Å². The summed E-state index contributed by atoms with van der Waals surface area (Å²) >= 11 is 0.798. The standard InChI is InChI=1S/C19H13F4N3O3S/c20-14-6-4-11(5-7-14)15-16(30-26-25-15)18(28)29-9-8-24-17(27)12-2-1-3-13(10-12)19(21,22)23/h1-7,10H,8-9H2,(H,24,27). The maximum Gasteiger partial charge on any atom is 0.416 e. The van der Waals surface area contributed by atoms with Crippen LogP contribution in [-0.4, -0.2) is 34.6 Å². The highest BCUT2D eigenvalue weighted by molar-refractivity contribution is 7.08. The number of nitrogens with zero attached hydrogens (tertiary/aromatic N) is 2. The molecule has 2 aromatic carbocycles. The average Bonchev–Trinajstić information content (AvgIpc) is 3.21. The van der Waals surface area contributed by atoms with Gasteiger partial charge in [-0.1, -0.05) is 10.6 Å². The zero-order chi connectivity index (χ0) is 21.7.